The third-order valence-corrected chi connectivity index (χ3v) is 5.34. The molecule has 2 heterocycles. The average molecular weight is 484 g/mol. The molecule has 1 aromatic heterocycles. The fourth-order valence-corrected chi connectivity index (χ4v) is 3.81. The lowest BCUT2D eigenvalue weighted by Crippen LogP contribution is -2.41. The maximum Gasteiger partial charge on any atom is 0.193 e. The molecule has 2 aromatic rings. The average Bonchev–Trinajstić information content (AvgIpc) is 3.29. The number of hydrogen-bond acceptors (Lipinski definition) is 3. The van der Waals surface area contributed by atoms with Gasteiger partial charge in [0, 0.05) is 45.0 Å². The highest BCUT2D eigenvalue weighted by Crippen LogP contribution is 2.19. The van der Waals surface area contributed by atoms with Gasteiger partial charge in [-0.3, -0.25) is 4.99 Å². The van der Waals surface area contributed by atoms with Crippen LogP contribution in [0.25, 0.3) is 11.0 Å². The Morgan fingerprint density at radius 3 is 2.78 bits per heavy atom. The zero-order valence-corrected chi connectivity index (χ0v) is 19.1. The van der Waals surface area contributed by atoms with Crippen LogP contribution < -0.4 is 5.32 Å². The van der Waals surface area contributed by atoms with E-state index in [0.717, 1.165) is 62.4 Å². The molecule has 150 valence electrons. The number of furan rings is 1. The number of fused-ring (bicyclic) bond motifs is 1. The Morgan fingerprint density at radius 2 is 2.07 bits per heavy atom. The molecule has 1 unspecified atom stereocenters. The Hall–Kier alpha value is -1.28. The number of guanidine groups is 1. The number of benzene rings is 1. The van der Waals surface area contributed by atoms with Gasteiger partial charge in [-0.2, -0.15) is 0 Å². The number of rotatable bonds is 7. The van der Waals surface area contributed by atoms with Crippen LogP contribution in [0.2, 0.25) is 0 Å². The van der Waals surface area contributed by atoms with E-state index in [1.54, 1.807) is 0 Å². The van der Waals surface area contributed by atoms with E-state index in [4.69, 9.17) is 4.42 Å². The van der Waals surface area contributed by atoms with E-state index in [-0.39, 0.29) is 24.0 Å². The van der Waals surface area contributed by atoms with Gasteiger partial charge in [0.2, 0.25) is 0 Å². The van der Waals surface area contributed by atoms with Crippen molar-refractivity contribution >= 4 is 40.9 Å². The summed E-state index contributed by atoms with van der Waals surface area (Å²) in [4.78, 5) is 9.40. The van der Waals surface area contributed by atoms with Crippen molar-refractivity contribution in [2.24, 2.45) is 10.9 Å². The van der Waals surface area contributed by atoms with E-state index in [1.165, 1.54) is 18.4 Å². The molecule has 1 fully saturated rings. The van der Waals surface area contributed by atoms with Gasteiger partial charge in [-0.15, -0.1) is 24.0 Å². The fraction of sp³-hybridized carbons (Fsp3) is 0.571. The molecule has 0 saturated carbocycles. The molecular weight excluding hydrogens is 451 g/mol. The molecule has 5 nitrogen and oxygen atoms in total. The maximum absolute atomic E-state index is 5.90. The molecule has 0 radical (unpaired) electrons. The third kappa shape index (κ3) is 5.85. The molecule has 1 aliphatic heterocycles. The number of nitrogens with one attached hydrogen (secondary N) is 1. The summed E-state index contributed by atoms with van der Waals surface area (Å²) in [6.45, 7) is 11.0. The van der Waals surface area contributed by atoms with Gasteiger partial charge < -0.3 is 19.5 Å². The Balaban J connectivity index is 0.00000261. The van der Waals surface area contributed by atoms with E-state index < -0.39 is 0 Å². The van der Waals surface area contributed by atoms with Crippen molar-refractivity contribution in [2.75, 3.05) is 46.3 Å². The highest BCUT2D eigenvalue weighted by Gasteiger charge is 2.25. The first kappa shape index (κ1) is 22.0. The van der Waals surface area contributed by atoms with Gasteiger partial charge in [0.1, 0.15) is 11.3 Å². The van der Waals surface area contributed by atoms with Crippen LogP contribution >= 0.6 is 24.0 Å². The minimum atomic E-state index is 0. The van der Waals surface area contributed by atoms with Crippen molar-refractivity contribution in [3.63, 3.8) is 0 Å². The van der Waals surface area contributed by atoms with E-state index >= 15 is 0 Å². The predicted molar refractivity (Wildman–Crippen MR) is 124 cm³/mol. The highest BCUT2D eigenvalue weighted by atomic mass is 127. The predicted octanol–water partition coefficient (Wildman–Crippen LogP) is 3.83. The van der Waals surface area contributed by atoms with Crippen molar-refractivity contribution in [1.29, 1.82) is 0 Å². The smallest absolute Gasteiger partial charge is 0.193 e. The molecule has 1 aliphatic rings. The molecule has 27 heavy (non-hydrogen) atoms. The molecule has 1 atom stereocenters. The molecule has 1 N–H and O–H groups in total. The van der Waals surface area contributed by atoms with Crippen LogP contribution in [0.5, 0.6) is 0 Å². The van der Waals surface area contributed by atoms with E-state index in [0.29, 0.717) is 0 Å². The third-order valence-electron chi connectivity index (χ3n) is 5.34. The zero-order chi connectivity index (χ0) is 18.4. The van der Waals surface area contributed by atoms with Gasteiger partial charge in [0.25, 0.3) is 0 Å². The van der Waals surface area contributed by atoms with Crippen LogP contribution in [0.1, 0.15) is 26.0 Å². The van der Waals surface area contributed by atoms with Crippen LogP contribution in [-0.2, 0) is 6.42 Å². The normalized spacial score (nSPS) is 17.6. The Morgan fingerprint density at radius 1 is 1.30 bits per heavy atom. The summed E-state index contributed by atoms with van der Waals surface area (Å²) >= 11 is 0. The van der Waals surface area contributed by atoms with Gasteiger partial charge in [-0.05, 0) is 37.6 Å². The summed E-state index contributed by atoms with van der Waals surface area (Å²) in [5.74, 6) is 2.78. The standard InChI is InChI=1S/C21H32N4O.HI/c1-4-24(5-2)15-17-11-13-25(16-17)21(22-3)23-12-10-19-14-18-8-6-7-9-20(18)26-19;/h6-9,14,17H,4-5,10-13,15-16H2,1-3H3,(H,22,23);1H. The Kier molecular flexibility index (Phi) is 8.89. The fourth-order valence-electron chi connectivity index (χ4n) is 3.81. The summed E-state index contributed by atoms with van der Waals surface area (Å²) < 4.78 is 5.90. The van der Waals surface area contributed by atoms with Crippen LogP contribution in [0.3, 0.4) is 0 Å². The number of likely N-dealkylation sites (tertiary alicyclic amines) is 1. The molecule has 0 aliphatic carbocycles. The summed E-state index contributed by atoms with van der Waals surface area (Å²) in [6, 6.07) is 10.3. The van der Waals surface area contributed by atoms with Crippen LogP contribution in [-0.4, -0.2) is 62.1 Å². The van der Waals surface area contributed by atoms with E-state index in [2.05, 4.69) is 46.1 Å². The molecule has 0 amide bonds. The van der Waals surface area contributed by atoms with Crippen molar-refractivity contribution < 1.29 is 4.42 Å². The minimum Gasteiger partial charge on any atom is -0.461 e. The number of para-hydroxylation sites is 1. The molecule has 0 bridgehead atoms. The Labute approximate surface area is 180 Å². The first-order valence-electron chi connectivity index (χ1n) is 9.88. The molecule has 0 spiro atoms. The summed E-state index contributed by atoms with van der Waals surface area (Å²) in [5, 5.41) is 4.68. The monoisotopic (exact) mass is 484 g/mol. The summed E-state index contributed by atoms with van der Waals surface area (Å²) in [6.07, 6.45) is 2.12. The van der Waals surface area contributed by atoms with E-state index in [9.17, 15) is 0 Å². The van der Waals surface area contributed by atoms with Gasteiger partial charge in [0.15, 0.2) is 5.96 Å². The lowest BCUT2D eigenvalue weighted by atomic mass is 10.1. The lowest BCUT2D eigenvalue weighted by molar-refractivity contribution is 0.255. The largest absolute Gasteiger partial charge is 0.461 e. The second-order valence-corrected chi connectivity index (χ2v) is 7.06. The number of aliphatic imine (C=N–C) groups is 1. The molecular formula is C21H33IN4O. The number of nitrogens with zero attached hydrogens (tertiary/aromatic N) is 3. The van der Waals surface area contributed by atoms with Crippen LogP contribution in [0.4, 0.5) is 0 Å². The Bertz CT molecular complexity index is 693. The van der Waals surface area contributed by atoms with Gasteiger partial charge in [0.05, 0.1) is 0 Å². The highest BCUT2D eigenvalue weighted by molar-refractivity contribution is 14.0. The van der Waals surface area contributed by atoms with Gasteiger partial charge in [-0.1, -0.05) is 32.0 Å². The summed E-state index contributed by atoms with van der Waals surface area (Å²) in [5.41, 5.74) is 0.964. The van der Waals surface area contributed by atoms with Gasteiger partial charge in [-0.25, -0.2) is 0 Å². The summed E-state index contributed by atoms with van der Waals surface area (Å²) in [7, 11) is 1.88. The second-order valence-electron chi connectivity index (χ2n) is 7.06. The zero-order valence-electron chi connectivity index (χ0n) is 16.8. The van der Waals surface area contributed by atoms with Crippen molar-refractivity contribution in [1.82, 2.24) is 15.1 Å². The van der Waals surface area contributed by atoms with Crippen molar-refractivity contribution in [3.05, 3.63) is 36.1 Å². The SMILES string of the molecule is CCN(CC)CC1CCN(C(=NC)NCCc2cc3ccccc3o2)C1.I. The first-order valence-corrected chi connectivity index (χ1v) is 9.88. The molecule has 1 aromatic carbocycles. The van der Waals surface area contributed by atoms with Crippen molar-refractivity contribution in [3.8, 4) is 0 Å². The number of halogens is 1. The quantitative estimate of drug-likeness (QED) is 0.369. The van der Waals surface area contributed by atoms with E-state index in [1.807, 2.05) is 25.2 Å². The topological polar surface area (TPSA) is 44.0 Å². The molecule has 3 rings (SSSR count). The van der Waals surface area contributed by atoms with Crippen molar-refractivity contribution in [2.45, 2.75) is 26.7 Å². The first-order chi connectivity index (χ1) is 12.7. The van der Waals surface area contributed by atoms with Gasteiger partial charge >= 0.3 is 0 Å². The van der Waals surface area contributed by atoms with Crippen LogP contribution in [0.15, 0.2) is 39.7 Å². The van der Waals surface area contributed by atoms with Crippen LogP contribution in [0, 0.1) is 5.92 Å². The molecule has 6 heteroatoms. The lowest BCUT2D eigenvalue weighted by Gasteiger charge is -2.24. The second kappa shape index (κ2) is 10.9. The minimum absolute atomic E-state index is 0. The number of hydrogen-bond donors (Lipinski definition) is 1. The maximum atomic E-state index is 5.90. The molecule has 1 saturated heterocycles.